The Morgan fingerprint density at radius 1 is 1.26 bits per heavy atom. The second-order valence-corrected chi connectivity index (χ2v) is 5.70. The summed E-state index contributed by atoms with van der Waals surface area (Å²) in [5.41, 5.74) is 1.90. The molecular formula is C17H15ClN2O3. The van der Waals surface area contributed by atoms with Crippen molar-refractivity contribution in [3.8, 4) is 0 Å². The number of aromatic nitrogens is 1. The number of oxazole rings is 1. The van der Waals surface area contributed by atoms with E-state index < -0.39 is 5.76 Å². The molecule has 23 heavy (non-hydrogen) atoms. The quantitative estimate of drug-likeness (QED) is 0.799. The zero-order valence-electron chi connectivity index (χ0n) is 12.5. The normalized spacial score (nSPS) is 12.3. The van der Waals surface area contributed by atoms with Gasteiger partial charge in [-0.1, -0.05) is 41.9 Å². The van der Waals surface area contributed by atoms with Gasteiger partial charge in [0.05, 0.1) is 11.6 Å². The number of fused-ring (bicyclic) bond motifs is 1. The molecule has 1 aromatic heterocycles. The summed E-state index contributed by atoms with van der Waals surface area (Å²) >= 11 is 5.94. The maximum absolute atomic E-state index is 12.2. The van der Waals surface area contributed by atoms with Gasteiger partial charge in [0.15, 0.2) is 5.58 Å². The zero-order chi connectivity index (χ0) is 16.4. The number of hydrogen-bond acceptors (Lipinski definition) is 3. The van der Waals surface area contributed by atoms with E-state index in [1.807, 2.05) is 37.3 Å². The minimum atomic E-state index is -0.579. The van der Waals surface area contributed by atoms with Gasteiger partial charge in [0.1, 0.15) is 6.54 Å². The van der Waals surface area contributed by atoms with Crippen LogP contribution in [0.2, 0.25) is 5.02 Å². The lowest BCUT2D eigenvalue weighted by molar-refractivity contribution is -0.122. The highest BCUT2D eigenvalue weighted by atomic mass is 35.5. The molecule has 6 heteroatoms. The number of benzene rings is 2. The van der Waals surface area contributed by atoms with E-state index in [2.05, 4.69) is 5.32 Å². The predicted octanol–water partition coefficient (Wildman–Crippen LogP) is 3.13. The molecule has 1 heterocycles. The summed E-state index contributed by atoms with van der Waals surface area (Å²) in [5, 5.41) is 3.34. The number of halogens is 1. The number of carbonyl (C=O) groups is 1. The van der Waals surface area contributed by atoms with Gasteiger partial charge in [-0.3, -0.25) is 9.36 Å². The number of amides is 1. The van der Waals surface area contributed by atoms with Gasteiger partial charge in [0.2, 0.25) is 5.91 Å². The number of nitrogens with one attached hydrogen (secondary N) is 1. The van der Waals surface area contributed by atoms with Crippen molar-refractivity contribution in [2.24, 2.45) is 0 Å². The first-order chi connectivity index (χ1) is 11.0. The van der Waals surface area contributed by atoms with Crippen molar-refractivity contribution in [2.75, 3.05) is 0 Å². The summed E-state index contributed by atoms with van der Waals surface area (Å²) in [6.07, 6.45) is 0. The Balaban J connectivity index is 1.79. The van der Waals surface area contributed by atoms with Crippen LogP contribution in [0.15, 0.2) is 57.7 Å². The Hall–Kier alpha value is -2.53. The van der Waals surface area contributed by atoms with Gasteiger partial charge in [-0.15, -0.1) is 0 Å². The van der Waals surface area contributed by atoms with Gasteiger partial charge in [-0.05, 0) is 30.7 Å². The van der Waals surface area contributed by atoms with E-state index >= 15 is 0 Å². The van der Waals surface area contributed by atoms with Crippen LogP contribution in [0.1, 0.15) is 18.5 Å². The average molecular weight is 331 g/mol. The average Bonchev–Trinajstić information content (AvgIpc) is 2.84. The fraction of sp³-hybridized carbons (Fsp3) is 0.176. The molecule has 5 nitrogen and oxygen atoms in total. The van der Waals surface area contributed by atoms with Crippen LogP contribution in [0.3, 0.4) is 0 Å². The van der Waals surface area contributed by atoms with Crippen molar-refractivity contribution in [3.05, 3.63) is 69.7 Å². The van der Waals surface area contributed by atoms with E-state index in [0.29, 0.717) is 16.1 Å². The van der Waals surface area contributed by atoms with Crippen LogP contribution < -0.4 is 11.1 Å². The molecule has 0 saturated carbocycles. The molecule has 1 atom stereocenters. The van der Waals surface area contributed by atoms with Crippen LogP contribution >= 0.6 is 11.6 Å². The van der Waals surface area contributed by atoms with E-state index in [4.69, 9.17) is 16.0 Å². The molecule has 0 spiro atoms. The van der Waals surface area contributed by atoms with Crippen LogP contribution in [0.5, 0.6) is 0 Å². The predicted molar refractivity (Wildman–Crippen MR) is 88.5 cm³/mol. The SMILES string of the molecule is C[C@H](NC(=O)Cn1c(=O)oc2ccc(Cl)cc21)c1ccccc1. The van der Waals surface area contributed by atoms with Crippen molar-refractivity contribution in [1.29, 1.82) is 0 Å². The van der Waals surface area contributed by atoms with E-state index in [-0.39, 0.29) is 18.5 Å². The molecule has 0 unspecified atom stereocenters. The number of carbonyl (C=O) groups excluding carboxylic acids is 1. The summed E-state index contributed by atoms with van der Waals surface area (Å²) in [7, 11) is 0. The first-order valence-corrected chi connectivity index (χ1v) is 7.55. The first-order valence-electron chi connectivity index (χ1n) is 7.18. The molecule has 0 saturated heterocycles. The Morgan fingerprint density at radius 3 is 2.74 bits per heavy atom. The van der Waals surface area contributed by atoms with Crippen LogP contribution in [0, 0.1) is 0 Å². The lowest BCUT2D eigenvalue weighted by atomic mass is 10.1. The van der Waals surface area contributed by atoms with E-state index in [1.165, 1.54) is 4.57 Å². The smallest absolute Gasteiger partial charge is 0.408 e. The summed E-state index contributed by atoms with van der Waals surface area (Å²) < 4.78 is 6.39. The topological polar surface area (TPSA) is 64.2 Å². The molecule has 0 aliphatic heterocycles. The van der Waals surface area contributed by atoms with Gasteiger partial charge in [0, 0.05) is 5.02 Å². The third kappa shape index (κ3) is 3.29. The second kappa shape index (κ2) is 6.30. The summed E-state index contributed by atoms with van der Waals surface area (Å²) in [6, 6.07) is 14.3. The van der Waals surface area contributed by atoms with Crippen molar-refractivity contribution in [2.45, 2.75) is 19.5 Å². The number of nitrogens with zero attached hydrogens (tertiary/aromatic N) is 1. The third-order valence-electron chi connectivity index (χ3n) is 3.61. The van der Waals surface area contributed by atoms with E-state index in [1.54, 1.807) is 18.2 Å². The highest BCUT2D eigenvalue weighted by Crippen LogP contribution is 2.18. The Kier molecular flexibility index (Phi) is 4.21. The molecular weight excluding hydrogens is 316 g/mol. The Bertz CT molecular complexity index is 899. The lowest BCUT2D eigenvalue weighted by Crippen LogP contribution is -2.32. The van der Waals surface area contributed by atoms with Crippen molar-refractivity contribution < 1.29 is 9.21 Å². The first kappa shape index (κ1) is 15.4. The van der Waals surface area contributed by atoms with Crippen molar-refractivity contribution >= 4 is 28.6 Å². The maximum Gasteiger partial charge on any atom is 0.420 e. The highest BCUT2D eigenvalue weighted by Gasteiger charge is 2.15. The van der Waals surface area contributed by atoms with Gasteiger partial charge < -0.3 is 9.73 Å². The molecule has 1 N–H and O–H groups in total. The van der Waals surface area contributed by atoms with Gasteiger partial charge in [-0.2, -0.15) is 0 Å². The minimum absolute atomic E-state index is 0.122. The molecule has 2 aromatic carbocycles. The lowest BCUT2D eigenvalue weighted by Gasteiger charge is -2.14. The summed E-state index contributed by atoms with van der Waals surface area (Å²) in [6.45, 7) is 1.77. The monoisotopic (exact) mass is 330 g/mol. The minimum Gasteiger partial charge on any atom is -0.408 e. The largest absolute Gasteiger partial charge is 0.420 e. The van der Waals surface area contributed by atoms with Crippen molar-refractivity contribution in [3.63, 3.8) is 0 Å². The fourth-order valence-electron chi connectivity index (χ4n) is 2.44. The Morgan fingerprint density at radius 2 is 2.00 bits per heavy atom. The third-order valence-corrected chi connectivity index (χ3v) is 3.84. The van der Waals surface area contributed by atoms with Crippen LogP contribution in [0.4, 0.5) is 0 Å². The van der Waals surface area contributed by atoms with Gasteiger partial charge >= 0.3 is 5.76 Å². The highest BCUT2D eigenvalue weighted by molar-refractivity contribution is 6.31. The molecule has 0 fully saturated rings. The molecule has 0 aliphatic rings. The maximum atomic E-state index is 12.2. The van der Waals surface area contributed by atoms with Crippen LogP contribution in [-0.4, -0.2) is 10.5 Å². The summed E-state index contributed by atoms with van der Waals surface area (Å²) in [5.74, 6) is -0.851. The summed E-state index contributed by atoms with van der Waals surface area (Å²) in [4.78, 5) is 24.1. The van der Waals surface area contributed by atoms with Gasteiger partial charge in [0.25, 0.3) is 0 Å². The standard InChI is InChI=1S/C17H15ClN2O3/c1-11(12-5-3-2-4-6-12)19-16(21)10-20-14-9-13(18)7-8-15(14)23-17(20)22/h2-9,11H,10H2,1H3,(H,19,21)/t11-/m0/s1. The Labute approximate surface area is 137 Å². The molecule has 0 aliphatic carbocycles. The molecule has 1 amide bonds. The molecule has 0 radical (unpaired) electrons. The van der Waals surface area contributed by atoms with Crippen LogP contribution in [0.25, 0.3) is 11.1 Å². The number of rotatable bonds is 4. The van der Waals surface area contributed by atoms with Gasteiger partial charge in [-0.25, -0.2) is 4.79 Å². The second-order valence-electron chi connectivity index (χ2n) is 5.27. The van der Waals surface area contributed by atoms with E-state index in [0.717, 1.165) is 5.56 Å². The van der Waals surface area contributed by atoms with Crippen molar-refractivity contribution in [1.82, 2.24) is 9.88 Å². The molecule has 3 rings (SSSR count). The molecule has 0 bridgehead atoms. The molecule has 118 valence electrons. The molecule has 3 aromatic rings. The van der Waals surface area contributed by atoms with E-state index in [9.17, 15) is 9.59 Å². The van der Waals surface area contributed by atoms with Crippen LogP contribution in [-0.2, 0) is 11.3 Å². The zero-order valence-corrected chi connectivity index (χ0v) is 13.2. The number of hydrogen-bond donors (Lipinski definition) is 1. The fourth-order valence-corrected chi connectivity index (χ4v) is 2.61.